The van der Waals surface area contributed by atoms with E-state index >= 15 is 0 Å². The Labute approximate surface area is 105 Å². The van der Waals surface area contributed by atoms with E-state index in [4.69, 9.17) is 5.73 Å². The predicted molar refractivity (Wildman–Crippen MR) is 68.8 cm³/mol. The summed E-state index contributed by atoms with van der Waals surface area (Å²) in [6, 6.07) is 5.83. The van der Waals surface area contributed by atoms with Crippen molar-refractivity contribution in [2.24, 2.45) is 5.73 Å². The topological polar surface area (TPSA) is 64.7 Å². The number of hydrogen-bond donors (Lipinski definition) is 1. The molecule has 5 heteroatoms. The summed E-state index contributed by atoms with van der Waals surface area (Å²) in [5, 5.41) is 4.14. The number of nitrogens with two attached hydrogens (primary N) is 1. The highest BCUT2D eigenvalue weighted by Gasteiger charge is 2.15. The molecule has 0 saturated carbocycles. The maximum Gasteiger partial charge on any atom is 0.0803 e. The zero-order valence-corrected chi connectivity index (χ0v) is 10.7. The molecule has 0 aliphatic rings. The molecule has 0 aliphatic carbocycles. The van der Waals surface area contributed by atoms with E-state index in [9.17, 15) is 0 Å². The summed E-state index contributed by atoms with van der Waals surface area (Å²) in [6.07, 6.45) is 4.54. The van der Waals surface area contributed by atoms with Gasteiger partial charge in [0.1, 0.15) is 0 Å². The van der Waals surface area contributed by atoms with E-state index in [1.54, 1.807) is 6.20 Å². The molecule has 4 nitrogen and oxygen atoms in total. The minimum atomic E-state index is -0.0496. The quantitative estimate of drug-likeness (QED) is 0.880. The monoisotopic (exact) mass is 248 g/mol. The summed E-state index contributed by atoms with van der Waals surface area (Å²) in [4.78, 5) is 5.38. The molecular weight excluding hydrogens is 232 g/mol. The lowest BCUT2D eigenvalue weighted by molar-refractivity contribution is 0.701. The minimum absolute atomic E-state index is 0.0496. The van der Waals surface area contributed by atoms with Crippen molar-refractivity contribution in [1.82, 2.24) is 14.6 Å². The van der Waals surface area contributed by atoms with Crippen LogP contribution in [0.3, 0.4) is 0 Å². The van der Waals surface area contributed by atoms with Crippen molar-refractivity contribution >= 4 is 11.5 Å². The molecule has 1 atom stereocenters. The maximum atomic E-state index is 6.19. The van der Waals surface area contributed by atoms with Gasteiger partial charge in [0.2, 0.25) is 0 Å². The van der Waals surface area contributed by atoms with Gasteiger partial charge in [-0.05, 0) is 30.1 Å². The van der Waals surface area contributed by atoms with Crippen LogP contribution in [0.15, 0.2) is 24.4 Å². The number of aryl methyl sites for hydroxylation is 1. The van der Waals surface area contributed by atoms with Crippen LogP contribution < -0.4 is 5.73 Å². The number of pyridine rings is 1. The fourth-order valence-electron chi connectivity index (χ4n) is 1.74. The minimum Gasteiger partial charge on any atom is -0.323 e. The first kappa shape index (κ1) is 12.1. The highest BCUT2D eigenvalue weighted by atomic mass is 32.1. The number of aromatic nitrogens is 3. The van der Waals surface area contributed by atoms with Gasteiger partial charge in [0.25, 0.3) is 0 Å². The summed E-state index contributed by atoms with van der Waals surface area (Å²) in [6.45, 7) is 2.13. The molecule has 0 amide bonds. The molecule has 0 saturated heterocycles. The van der Waals surface area contributed by atoms with Gasteiger partial charge in [0.15, 0.2) is 0 Å². The SMILES string of the molecule is CCCc1nnsc1C(N)Cc1ccccn1. The summed E-state index contributed by atoms with van der Waals surface area (Å²) in [5.74, 6) is 0. The Kier molecular flexibility index (Phi) is 4.17. The van der Waals surface area contributed by atoms with Gasteiger partial charge in [-0.3, -0.25) is 4.98 Å². The van der Waals surface area contributed by atoms with Gasteiger partial charge in [-0.1, -0.05) is 23.9 Å². The van der Waals surface area contributed by atoms with Crippen LogP contribution in [0, 0.1) is 0 Å². The first-order valence-electron chi connectivity index (χ1n) is 5.78. The van der Waals surface area contributed by atoms with Gasteiger partial charge < -0.3 is 5.73 Å². The standard InChI is InChI=1S/C12H16N4S/c1-2-5-11-12(17-16-15-11)10(13)8-9-6-3-4-7-14-9/h3-4,6-7,10H,2,5,8,13H2,1H3. The van der Waals surface area contributed by atoms with Gasteiger partial charge in [-0.25, -0.2) is 0 Å². The van der Waals surface area contributed by atoms with Crippen LogP contribution in [0.25, 0.3) is 0 Å². The molecule has 0 bridgehead atoms. The third-order valence-electron chi connectivity index (χ3n) is 2.56. The van der Waals surface area contributed by atoms with Crippen molar-refractivity contribution in [3.8, 4) is 0 Å². The average Bonchev–Trinajstić information content (AvgIpc) is 2.79. The van der Waals surface area contributed by atoms with Crippen LogP contribution >= 0.6 is 11.5 Å². The Balaban J connectivity index is 2.09. The molecule has 17 heavy (non-hydrogen) atoms. The van der Waals surface area contributed by atoms with Crippen LogP contribution in [-0.4, -0.2) is 14.6 Å². The lowest BCUT2D eigenvalue weighted by Crippen LogP contribution is -2.14. The van der Waals surface area contributed by atoms with E-state index in [1.165, 1.54) is 11.5 Å². The molecule has 2 rings (SSSR count). The first-order chi connectivity index (χ1) is 8.31. The van der Waals surface area contributed by atoms with Crippen molar-refractivity contribution in [2.45, 2.75) is 32.2 Å². The molecule has 1 unspecified atom stereocenters. The van der Waals surface area contributed by atoms with Gasteiger partial charge in [-0.2, -0.15) is 0 Å². The van der Waals surface area contributed by atoms with Crippen molar-refractivity contribution < 1.29 is 0 Å². The molecular formula is C12H16N4S. The molecule has 0 aromatic carbocycles. The second kappa shape index (κ2) is 5.84. The number of hydrogen-bond acceptors (Lipinski definition) is 5. The molecule has 2 aromatic heterocycles. The van der Waals surface area contributed by atoms with E-state index in [0.717, 1.165) is 35.5 Å². The highest BCUT2D eigenvalue weighted by Crippen LogP contribution is 2.22. The fraction of sp³-hybridized carbons (Fsp3) is 0.417. The van der Waals surface area contributed by atoms with Crippen LogP contribution in [0.1, 0.15) is 35.7 Å². The van der Waals surface area contributed by atoms with E-state index in [0.29, 0.717) is 0 Å². The van der Waals surface area contributed by atoms with Gasteiger partial charge in [-0.15, -0.1) is 5.10 Å². The van der Waals surface area contributed by atoms with Crippen LogP contribution in [-0.2, 0) is 12.8 Å². The summed E-state index contributed by atoms with van der Waals surface area (Å²) < 4.78 is 3.99. The smallest absolute Gasteiger partial charge is 0.0803 e. The van der Waals surface area contributed by atoms with E-state index in [2.05, 4.69) is 21.5 Å². The highest BCUT2D eigenvalue weighted by molar-refractivity contribution is 7.05. The number of rotatable bonds is 5. The summed E-state index contributed by atoms with van der Waals surface area (Å²) >= 11 is 1.40. The second-order valence-electron chi connectivity index (χ2n) is 3.97. The normalized spacial score (nSPS) is 12.6. The largest absolute Gasteiger partial charge is 0.323 e. The van der Waals surface area contributed by atoms with Crippen LogP contribution in [0.5, 0.6) is 0 Å². The molecule has 90 valence electrons. The zero-order valence-electron chi connectivity index (χ0n) is 9.84. The number of nitrogens with zero attached hydrogens (tertiary/aromatic N) is 3. The van der Waals surface area contributed by atoms with Crippen molar-refractivity contribution in [1.29, 1.82) is 0 Å². The van der Waals surface area contributed by atoms with E-state index < -0.39 is 0 Å². The summed E-state index contributed by atoms with van der Waals surface area (Å²) in [7, 11) is 0. The van der Waals surface area contributed by atoms with Crippen molar-refractivity contribution in [3.05, 3.63) is 40.7 Å². The van der Waals surface area contributed by atoms with Crippen LogP contribution in [0.2, 0.25) is 0 Å². The van der Waals surface area contributed by atoms with Crippen molar-refractivity contribution in [3.63, 3.8) is 0 Å². The molecule has 0 fully saturated rings. The molecule has 2 heterocycles. The Morgan fingerprint density at radius 3 is 3.00 bits per heavy atom. The van der Waals surface area contributed by atoms with Crippen LogP contribution in [0.4, 0.5) is 0 Å². The molecule has 2 aromatic rings. The Morgan fingerprint density at radius 1 is 1.41 bits per heavy atom. The van der Waals surface area contributed by atoms with Crippen molar-refractivity contribution in [2.75, 3.05) is 0 Å². The lowest BCUT2D eigenvalue weighted by atomic mass is 10.1. The predicted octanol–water partition coefficient (Wildman–Crippen LogP) is 2.13. The van der Waals surface area contributed by atoms with E-state index in [1.807, 2.05) is 18.2 Å². The van der Waals surface area contributed by atoms with Gasteiger partial charge >= 0.3 is 0 Å². The molecule has 0 spiro atoms. The average molecular weight is 248 g/mol. The fourth-order valence-corrected chi connectivity index (χ4v) is 2.44. The zero-order chi connectivity index (χ0) is 12.1. The van der Waals surface area contributed by atoms with E-state index in [-0.39, 0.29) is 6.04 Å². The van der Waals surface area contributed by atoms with Gasteiger partial charge in [0, 0.05) is 24.4 Å². The molecule has 0 aliphatic heterocycles. The first-order valence-corrected chi connectivity index (χ1v) is 6.55. The Morgan fingerprint density at radius 2 is 2.29 bits per heavy atom. The molecule has 2 N–H and O–H groups in total. The third kappa shape index (κ3) is 3.08. The lowest BCUT2D eigenvalue weighted by Gasteiger charge is -2.09. The van der Waals surface area contributed by atoms with Gasteiger partial charge in [0.05, 0.1) is 10.6 Å². The summed E-state index contributed by atoms with van der Waals surface area (Å²) in [5.41, 5.74) is 8.25. The molecule has 0 radical (unpaired) electrons. The Hall–Kier alpha value is -1.33. The third-order valence-corrected chi connectivity index (χ3v) is 3.46. The second-order valence-corrected chi connectivity index (χ2v) is 4.75. The maximum absolute atomic E-state index is 6.19. The Bertz CT molecular complexity index is 455.